The molecule has 0 amide bonds. The Kier molecular flexibility index (Phi) is 4.79. The van der Waals surface area contributed by atoms with E-state index in [0.29, 0.717) is 12.8 Å². The normalized spacial score (nSPS) is 12.1. The monoisotopic (exact) mass is 223 g/mol. The smallest absolute Gasteiger partial charge is 0.320 e. The first-order valence-corrected chi connectivity index (χ1v) is 5.21. The third-order valence-electron chi connectivity index (χ3n) is 2.54. The fraction of sp³-hybridized carbons (Fsp3) is 0.417. The van der Waals surface area contributed by atoms with E-state index in [2.05, 4.69) is 5.32 Å². The molecule has 0 spiro atoms. The van der Waals surface area contributed by atoms with Gasteiger partial charge in [0.1, 0.15) is 11.8 Å². The van der Waals surface area contributed by atoms with Crippen LogP contribution in [0.15, 0.2) is 24.3 Å². The minimum Gasteiger partial charge on any atom is -0.496 e. The van der Waals surface area contributed by atoms with Crippen molar-refractivity contribution in [3.05, 3.63) is 29.8 Å². The molecule has 0 aromatic heterocycles. The molecule has 1 atom stereocenters. The van der Waals surface area contributed by atoms with Crippen LogP contribution in [0.2, 0.25) is 0 Å². The predicted octanol–water partition coefficient (Wildman–Crippen LogP) is 1.30. The zero-order valence-electron chi connectivity index (χ0n) is 9.56. The molecule has 4 nitrogen and oxygen atoms in total. The van der Waals surface area contributed by atoms with Gasteiger partial charge in [-0.3, -0.25) is 4.79 Å². The number of methoxy groups -OCH3 is 1. The zero-order chi connectivity index (χ0) is 12.0. The summed E-state index contributed by atoms with van der Waals surface area (Å²) in [4.78, 5) is 10.8. The summed E-state index contributed by atoms with van der Waals surface area (Å²) in [6.45, 7) is 0. The highest BCUT2D eigenvalue weighted by molar-refractivity contribution is 5.73. The number of carboxylic acid groups (broad SMARTS) is 1. The second-order valence-electron chi connectivity index (χ2n) is 3.53. The maximum absolute atomic E-state index is 10.8. The van der Waals surface area contributed by atoms with Gasteiger partial charge in [-0.25, -0.2) is 0 Å². The van der Waals surface area contributed by atoms with E-state index >= 15 is 0 Å². The molecule has 4 heteroatoms. The average molecular weight is 223 g/mol. The van der Waals surface area contributed by atoms with Gasteiger partial charge in [0.25, 0.3) is 0 Å². The van der Waals surface area contributed by atoms with Crippen LogP contribution in [0.4, 0.5) is 0 Å². The predicted molar refractivity (Wildman–Crippen MR) is 61.8 cm³/mol. The fourth-order valence-corrected chi connectivity index (χ4v) is 1.60. The van der Waals surface area contributed by atoms with Crippen molar-refractivity contribution in [1.29, 1.82) is 0 Å². The first-order valence-electron chi connectivity index (χ1n) is 5.21. The number of carbonyl (C=O) groups is 1. The molecule has 0 radical (unpaired) electrons. The minimum atomic E-state index is -0.822. The Bertz CT molecular complexity index is 352. The molecule has 1 rings (SSSR count). The number of ether oxygens (including phenoxy) is 1. The van der Waals surface area contributed by atoms with Crippen LogP contribution in [0, 0.1) is 0 Å². The molecule has 0 saturated heterocycles. The minimum absolute atomic E-state index is 0.509. The second-order valence-corrected chi connectivity index (χ2v) is 3.53. The summed E-state index contributed by atoms with van der Waals surface area (Å²) in [7, 11) is 3.27. The Hall–Kier alpha value is -1.55. The van der Waals surface area contributed by atoms with Gasteiger partial charge in [-0.05, 0) is 31.5 Å². The molecule has 0 bridgehead atoms. The molecule has 1 aromatic carbocycles. The van der Waals surface area contributed by atoms with Crippen molar-refractivity contribution in [2.24, 2.45) is 0 Å². The summed E-state index contributed by atoms with van der Waals surface area (Å²) >= 11 is 0. The first kappa shape index (κ1) is 12.5. The van der Waals surface area contributed by atoms with Gasteiger partial charge >= 0.3 is 5.97 Å². The lowest BCUT2D eigenvalue weighted by molar-refractivity contribution is -0.139. The highest BCUT2D eigenvalue weighted by Gasteiger charge is 2.15. The molecule has 2 N–H and O–H groups in total. The Labute approximate surface area is 95.2 Å². The third kappa shape index (κ3) is 3.24. The highest BCUT2D eigenvalue weighted by atomic mass is 16.5. The van der Waals surface area contributed by atoms with E-state index in [0.717, 1.165) is 11.3 Å². The summed E-state index contributed by atoms with van der Waals surface area (Å²) < 4.78 is 5.20. The van der Waals surface area contributed by atoms with Crippen molar-refractivity contribution in [1.82, 2.24) is 5.32 Å². The number of nitrogens with one attached hydrogen (secondary N) is 1. The van der Waals surface area contributed by atoms with Gasteiger partial charge in [0.15, 0.2) is 0 Å². The molecule has 0 saturated carbocycles. The number of rotatable bonds is 6. The third-order valence-corrected chi connectivity index (χ3v) is 2.54. The summed E-state index contributed by atoms with van der Waals surface area (Å²) in [6, 6.07) is 7.14. The summed E-state index contributed by atoms with van der Waals surface area (Å²) in [5, 5.41) is 11.7. The SMILES string of the molecule is CNC(CCc1ccccc1OC)C(=O)O. The Balaban J connectivity index is 2.63. The molecular weight excluding hydrogens is 206 g/mol. The molecule has 0 aliphatic carbocycles. The maximum Gasteiger partial charge on any atom is 0.320 e. The molecule has 1 aromatic rings. The van der Waals surface area contributed by atoms with Crippen LogP contribution in [-0.4, -0.2) is 31.3 Å². The Morgan fingerprint density at radius 3 is 2.75 bits per heavy atom. The van der Waals surface area contributed by atoms with Crippen LogP contribution in [-0.2, 0) is 11.2 Å². The molecule has 0 aliphatic heterocycles. The first-order chi connectivity index (χ1) is 7.69. The average Bonchev–Trinajstić information content (AvgIpc) is 2.30. The molecular formula is C12H17NO3. The van der Waals surface area contributed by atoms with Crippen molar-refractivity contribution in [2.75, 3.05) is 14.2 Å². The zero-order valence-corrected chi connectivity index (χ0v) is 9.56. The Morgan fingerprint density at radius 2 is 2.19 bits per heavy atom. The van der Waals surface area contributed by atoms with Gasteiger partial charge in [0.05, 0.1) is 7.11 Å². The number of para-hydroxylation sites is 1. The van der Waals surface area contributed by atoms with Crippen molar-refractivity contribution < 1.29 is 14.6 Å². The number of benzene rings is 1. The quantitative estimate of drug-likeness (QED) is 0.763. The lowest BCUT2D eigenvalue weighted by atomic mass is 10.0. The van der Waals surface area contributed by atoms with Crippen LogP contribution in [0.1, 0.15) is 12.0 Å². The van der Waals surface area contributed by atoms with E-state index in [1.54, 1.807) is 14.2 Å². The summed E-state index contributed by atoms with van der Waals surface area (Å²) in [6.07, 6.45) is 1.23. The van der Waals surface area contributed by atoms with E-state index in [1.807, 2.05) is 24.3 Å². The van der Waals surface area contributed by atoms with Crippen LogP contribution in [0.5, 0.6) is 5.75 Å². The molecule has 0 fully saturated rings. The van der Waals surface area contributed by atoms with Crippen molar-refractivity contribution in [3.8, 4) is 5.75 Å². The van der Waals surface area contributed by atoms with E-state index in [4.69, 9.17) is 9.84 Å². The highest BCUT2D eigenvalue weighted by Crippen LogP contribution is 2.19. The van der Waals surface area contributed by atoms with Gasteiger partial charge in [0.2, 0.25) is 0 Å². The van der Waals surface area contributed by atoms with Gasteiger partial charge in [-0.1, -0.05) is 18.2 Å². The topological polar surface area (TPSA) is 58.6 Å². The standard InChI is InChI=1S/C12H17NO3/c1-13-10(12(14)15)8-7-9-5-3-4-6-11(9)16-2/h3-6,10,13H,7-8H2,1-2H3,(H,14,15). The van der Waals surface area contributed by atoms with Crippen molar-refractivity contribution in [2.45, 2.75) is 18.9 Å². The summed E-state index contributed by atoms with van der Waals surface area (Å²) in [5.74, 6) is -0.0138. The molecule has 0 heterocycles. The molecule has 88 valence electrons. The van der Waals surface area contributed by atoms with Crippen LogP contribution >= 0.6 is 0 Å². The van der Waals surface area contributed by atoms with E-state index in [1.165, 1.54) is 0 Å². The van der Waals surface area contributed by atoms with Gasteiger partial charge < -0.3 is 15.2 Å². The van der Waals surface area contributed by atoms with Crippen LogP contribution in [0.3, 0.4) is 0 Å². The van der Waals surface area contributed by atoms with E-state index in [-0.39, 0.29) is 0 Å². The van der Waals surface area contributed by atoms with Crippen LogP contribution in [0.25, 0.3) is 0 Å². The number of carboxylic acids is 1. The number of hydrogen-bond acceptors (Lipinski definition) is 3. The largest absolute Gasteiger partial charge is 0.496 e. The van der Waals surface area contributed by atoms with Gasteiger partial charge in [0, 0.05) is 0 Å². The molecule has 16 heavy (non-hydrogen) atoms. The maximum atomic E-state index is 10.8. The number of hydrogen-bond donors (Lipinski definition) is 2. The lowest BCUT2D eigenvalue weighted by Gasteiger charge is -2.12. The van der Waals surface area contributed by atoms with E-state index < -0.39 is 12.0 Å². The number of aryl methyl sites for hydroxylation is 1. The number of aliphatic carboxylic acids is 1. The molecule has 0 aliphatic rings. The lowest BCUT2D eigenvalue weighted by Crippen LogP contribution is -2.34. The second kappa shape index (κ2) is 6.12. The summed E-state index contributed by atoms with van der Waals surface area (Å²) in [5.41, 5.74) is 1.03. The van der Waals surface area contributed by atoms with Gasteiger partial charge in [-0.15, -0.1) is 0 Å². The Morgan fingerprint density at radius 1 is 1.50 bits per heavy atom. The van der Waals surface area contributed by atoms with E-state index in [9.17, 15) is 4.79 Å². The van der Waals surface area contributed by atoms with Crippen LogP contribution < -0.4 is 10.1 Å². The fourth-order valence-electron chi connectivity index (χ4n) is 1.60. The number of likely N-dealkylation sites (N-methyl/N-ethyl adjacent to an activating group) is 1. The van der Waals surface area contributed by atoms with Crippen molar-refractivity contribution in [3.63, 3.8) is 0 Å². The van der Waals surface area contributed by atoms with Gasteiger partial charge in [-0.2, -0.15) is 0 Å². The molecule has 1 unspecified atom stereocenters. The van der Waals surface area contributed by atoms with Crippen molar-refractivity contribution >= 4 is 5.97 Å².